The third-order valence-corrected chi connectivity index (χ3v) is 4.83. The third-order valence-electron chi connectivity index (χ3n) is 4.58. The number of likely N-dealkylation sites (N-methyl/N-ethyl adjacent to an activating group) is 1. The molecule has 1 aromatic rings. The molecular formula is C17H18BrN3O4. The number of carbonyl (C=O) groups is 3. The number of benzene rings is 1. The van der Waals surface area contributed by atoms with Crippen LogP contribution in [-0.4, -0.2) is 59.6 Å². The lowest BCUT2D eigenvalue weighted by Crippen LogP contribution is -2.50. The smallest absolute Gasteiger partial charge is 0.424 e. The van der Waals surface area contributed by atoms with Crippen molar-refractivity contribution in [3.8, 4) is 0 Å². The molecule has 3 atom stereocenters. The summed E-state index contributed by atoms with van der Waals surface area (Å²) in [5.41, 5.74) is 0.842. The summed E-state index contributed by atoms with van der Waals surface area (Å²) in [6, 6.07) is 7.96. The van der Waals surface area contributed by atoms with Crippen LogP contribution in [0.2, 0.25) is 0 Å². The van der Waals surface area contributed by atoms with Crippen LogP contribution in [0.1, 0.15) is 11.6 Å². The van der Waals surface area contributed by atoms with Gasteiger partial charge in [0.15, 0.2) is 0 Å². The van der Waals surface area contributed by atoms with Crippen molar-refractivity contribution in [3.63, 3.8) is 0 Å². The van der Waals surface area contributed by atoms with Crippen LogP contribution in [0.15, 0.2) is 41.4 Å². The molecule has 0 N–H and O–H groups in total. The molecule has 0 aromatic heterocycles. The van der Waals surface area contributed by atoms with Gasteiger partial charge in [0.25, 0.3) is 5.91 Å². The van der Waals surface area contributed by atoms with Gasteiger partial charge in [0.05, 0.1) is 25.6 Å². The number of hydrogen-bond donors (Lipinski definition) is 0. The van der Waals surface area contributed by atoms with Gasteiger partial charge in [0.1, 0.15) is 6.04 Å². The molecule has 2 saturated heterocycles. The maximum atomic E-state index is 12.7. The Morgan fingerprint density at radius 2 is 1.84 bits per heavy atom. The fourth-order valence-corrected chi connectivity index (χ4v) is 3.81. The Morgan fingerprint density at radius 1 is 1.20 bits per heavy atom. The van der Waals surface area contributed by atoms with Crippen LogP contribution < -0.4 is 0 Å². The van der Waals surface area contributed by atoms with Gasteiger partial charge in [-0.3, -0.25) is 14.5 Å². The van der Waals surface area contributed by atoms with E-state index >= 15 is 0 Å². The molecule has 2 fully saturated rings. The molecule has 0 unspecified atom stereocenters. The summed E-state index contributed by atoms with van der Waals surface area (Å²) in [5.74, 6) is -1.41. The van der Waals surface area contributed by atoms with E-state index in [1.54, 1.807) is 5.01 Å². The average Bonchev–Trinajstić information content (AvgIpc) is 3.03. The van der Waals surface area contributed by atoms with E-state index < -0.39 is 30.0 Å². The van der Waals surface area contributed by atoms with E-state index in [-0.39, 0.29) is 12.5 Å². The lowest BCUT2D eigenvalue weighted by molar-refractivity contribution is -0.142. The third kappa shape index (κ3) is 2.75. The van der Waals surface area contributed by atoms with Crippen molar-refractivity contribution in [2.45, 2.75) is 12.1 Å². The minimum absolute atomic E-state index is 0.256. The average molecular weight is 408 g/mol. The number of amides is 3. The molecule has 3 rings (SSSR count). The Labute approximate surface area is 153 Å². The number of hydrazine groups is 1. The Bertz CT molecular complexity index is 739. The molecule has 0 saturated carbocycles. The van der Waals surface area contributed by atoms with Crippen molar-refractivity contribution in [2.75, 3.05) is 20.7 Å². The number of rotatable bonds is 3. The molecule has 7 nitrogen and oxygen atoms in total. The summed E-state index contributed by atoms with van der Waals surface area (Å²) in [5, 5.41) is 2.93. The summed E-state index contributed by atoms with van der Waals surface area (Å²) < 4.78 is 5.50. The molecule has 2 aliphatic rings. The molecule has 2 heterocycles. The van der Waals surface area contributed by atoms with Crippen molar-refractivity contribution in [1.29, 1.82) is 0 Å². The number of nitrogens with zero attached hydrogens (tertiary/aromatic N) is 3. The van der Waals surface area contributed by atoms with Crippen molar-refractivity contribution in [3.05, 3.63) is 47.0 Å². The summed E-state index contributed by atoms with van der Waals surface area (Å²) in [4.78, 5) is 38.9. The number of carbonyl (C=O) groups excluding carboxylic acids is 3. The van der Waals surface area contributed by atoms with Gasteiger partial charge >= 0.3 is 6.09 Å². The van der Waals surface area contributed by atoms with E-state index in [0.717, 1.165) is 10.5 Å². The van der Waals surface area contributed by atoms with Gasteiger partial charge in [-0.25, -0.2) is 14.8 Å². The SMILES string of the molecule is C=C(Br)CN1[C@@H](c2ccccc2)[C@H]2C(=O)N(C)C(=O)[C@H]2N1C(=O)OC. The lowest BCUT2D eigenvalue weighted by Gasteiger charge is -2.33. The molecule has 1 aromatic carbocycles. The number of hydrogen-bond acceptors (Lipinski definition) is 5. The zero-order valence-corrected chi connectivity index (χ0v) is 15.5. The molecule has 0 radical (unpaired) electrons. The Kier molecular flexibility index (Phi) is 4.66. The van der Waals surface area contributed by atoms with Crippen LogP contribution in [0.3, 0.4) is 0 Å². The first kappa shape index (κ1) is 17.6. The van der Waals surface area contributed by atoms with Crippen molar-refractivity contribution in [1.82, 2.24) is 14.9 Å². The molecule has 3 amide bonds. The first-order valence-electron chi connectivity index (χ1n) is 7.71. The van der Waals surface area contributed by atoms with Gasteiger partial charge < -0.3 is 4.74 Å². The van der Waals surface area contributed by atoms with Crippen LogP contribution in [0.25, 0.3) is 0 Å². The largest absolute Gasteiger partial charge is 0.452 e. The molecule has 0 bridgehead atoms. The number of imide groups is 1. The number of ether oxygens (including phenoxy) is 1. The maximum Gasteiger partial charge on any atom is 0.424 e. The second-order valence-corrected chi connectivity index (χ2v) is 7.11. The van der Waals surface area contributed by atoms with Gasteiger partial charge in [-0.05, 0) is 5.56 Å². The number of methoxy groups -OCH3 is 1. The zero-order chi connectivity index (χ0) is 18.3. The van der Waals surface area contributed by atoms with Crippen LogP contribution in [-0.2, 0) is 14.3 Å². The zero-order valence-electron chi connectivity index (χ0n) is 13.9. The summed E-state index contributed by atoms with van der Waals surface area (Å²) >= 11 is 3.31. The van der Waals surface area contributed by atoms with E-state index in [1.807, 2.05) is 30.3 Å². The Balaban J connectivity index is 2.15. The molecule has 0 aliphatic carbocycles. The predicted octanol–water partition coefficient (Wildman–Crippen LogP) is 1.92. The van der Waals surface area contributed by atoms with Crippen molar-refractivity contribution in [2.24, 2.45) is 5.92 Å². The predicted molar refractivity (Wildman–Crippen MR) is 93.3 cm³/mol. The van der Waals surface area contributed by atoms with E-state index in [1.165, 1.54) is 19.2 Å². The van der Waals surface area contributed by atoms with E-state index in [0.29, 0.717) is 4.48 Å². The fraction of sp³-hybridized carbons (Fsp3) is 0.353. The monoisotopic (exact) mass is 407 g/mol. The Hall–Kier alpha value is -2.19. The van der Waals surface area contributed by atoms with Crippen molar-refractivity contribution < 1.29 is 19.1 Å². The van der Waals surface area contributed by atoms with E-state index in [4.69, 9.17) is 4.74 Å². The highest BCUT2D eigenvalue weighted by atomic mass is 79.9. The van der Waals surface area contributed by atoms with Crippen molar-refractivity contribution >= 4 is 33.8 Å². The van der Waals surface area contributed by atoms with E-state index in [9.17, 15) is 14.4 Å². The molecule has 25 heavy (non-hydrogen) atoms. The van der Waals surface area contributed by atoms with Gasteiger partial charge in [0, 0.05) is 11.5 Å². The van der Waals surface area contributed by atoms with Gasteiger partial charge in [-0.2, -0.15) is 0 Å². The number of halogens is 1. The highest BCUT2D eigenvalue weighted by molar-refractivity contribution is 9.11. The summed E-state index contributed by atoms with van der Waals surface area (Å²) in [6.07, 6.45) is -0.682. The highest BCUT2D eigenvalue weighted by Gasteiger charge is 2.62. The fourth-order valence-electron chi connectivity index (χ4n) is 3.55. The second-order valence-electron chi connectivity index (χ2n) is 5.99. The lowest BCUT2D eigenvalue weighted by atomic mass is 9.90. The number of likely N-dealkylation sites (tertiary alicyclic amines) is 1. The molecule has 0 spiro atoms. The Morgan fingerprint density at radius 3 is 2.40 bits per heavy atom. The summed E-state index contributed by atoms with van der Waals surface area (Å²) in [6.45, 7) is 4.09. The van der Waals surface area contributed by atoms with Gasteiger partial charge in [-0.15, -0.1) is 0 Å². The number of fused-ring (bicyclic) bond motifs is 1. The topological polar surface area (TPSA) is 70.2 Å². The van der Waals surface area contributed by atoms with Crippen LogP contribution in [0, 0.1) is 5.92 Å². The molecular weight excluding hydrogens is 390 g/mol. The quantitative estimate of drug-likeness (QED) is 0.715. The first-order chi connectivity index (χ1) is 11.9. The summed E-state index contributed by atoms with van der Waals surface area (Å²) in [7, 11) is 2.69. The molecule has 8 heteroatoms. The minimum Gasteiger partial charge on any atom is -0.452 e. The van der Waals surface area contributed by atoms with Crippen LogP contribution in [0.4, 0.5) is 4.79 Å². The molecule has 2 aliphatic heterocycles. The van der Waals surface area contributed by atoms with Crippen LogP contribution in [0.5, 0.6) is 0 Å². The molecule has 132 valence electrons. The highest BCUT2D eigenvalue weighted by Crippen LogP contribution is 2.46. The first-order valence-corrected chi connectivity index (χ1v) is 8.51. The normalized spacial score (nSPS) is 26.1. The van der Waals surface area contributed by atoms with Gasteiger partial charge in [-0.1, -0.05) is 52.8 Å². The van der Waals surface area contributed by atoms with Gasteiger partial charge in [0.2, 0.25) is 5.91 Å². The van der Waals surface area contributed by atoms with Crippen LogP contribution >= 0.6 is 15.9 Å². The standard InChI is InChI=1S/C17H18BrN3O4/c1-10(18)9-20-13(11-7-5-4-6-8-11)12-14(21(20)17(24)25-3)16(23)19(2)15(12)22/h4-8,12-14H,1,9H2,2-3H3/t12-,13+,14+/m1/s1. The van der Waals surface area contributed by atoms with E-state index in [2.05, 4.69) is 22.5 Å². The maximum absolute atomic E-state index is 12.7. The second kappa shape index (κ2) is 6.61. The minimum atomic E-state index is -0.915.